The summed E-state index contributed by atoms with van der Waals surface area (Å²) in [6.07, 6.45) is -11.4. The number of hydrogen-bond donors (Lipinski definition) is 1. The molecule has 1 N–H and O–H groups in total. The first-order chi connectivity index (χ1) is 18.9. The van der Waals surface area contributed by atoms with Crippen LogP contribution in [0, 0.1) is 11.2 Å². The number of halogens is 8. The molecule has 7 nitrogen and oxygen atoms in total. The van der Waals surface area contributed by atoms with Crippen molar-refractivity contribution in [3.8, 4) is 5.75 Å². The molecule has 4 rings (SSSR count). The molecule has 1 saturated carbocycles. The molecule has 1 heterocycles. The van der Waals surface area contributed by atoms with Crippen molar-refractivity contribution in [1.82, 2.24) is 4.31 Å². The molecule has 1 fully saturated rings. The Balaban J connectivity index is 1.87. The lowest BCUT2D eigenvalue weighted by molar-refractivity contribution is -0.200. The SMILES string of the molecule is CN1[C@H](CCC(F)F)CN(c2ccc(F)cc2)c2cc(C(F)(F)F)c(OCC3(C(=O)O)CC(F)(F)C3)cc2S1(=O)=O. The van der Waals surface area contributed by atoms with E-state index < -0.39 is 99.6 Å². The van der Waals surface area contributed by atoms with Gasteiger partial charge < -0.3 is 14.7 Å². The van der Waals surface area contributed by atoms with E-state index >= 15 is 0 Å². The highest BCUT2D eigenvalue weighted by Gasteiger charge is 2.62. The third-order valence-corrected chi connectivity index (χ3v) is 9.17. The summed E-state index contributed by atoms with van der Waals surface area (Å²) in [7, 11) is -3.61. The molecule has 1 atom stereocenters. The number of rotatable bonds is 8. The maximum absolute atomic E-state index is 14.2. The smallest absolute Gasteiger partial charge is 0.420 e. The van der Waals surface area contributed by atoms with Crippen LogP contribution in [0.1, 0.15) is 31.2 Å². The molecule has 2 aromatic rings. The Kier molecular flexibility index (Phi) is 7.97. The van der Waals surface area contributed by atoms with Crippen LogP contribution >= 0.6 is 0 Å². The number of carboxylic acid groups (broad SMARTS) is 1. The van der Waals surface area contributed by atoms with Crippen LogP contribution in [0.25, 0.3) is 0 Å². The first-order valence-corrected chi connectivity index (χ1v) is 13.6. The molecule has 0 amide bonds. The number of likely N-dealkylation sites (N-methyl/N-ethyl adjacent to an activating group) is 1. The van der Waals surface area contributed by atoms with E-state index in [1.54, 1.807) is 0 Å². The van der Waals surface area contributed by atoms with E-state index in [4.69, 9.17) is 4.74 Å². The number of sulfonamides is 1. The minimum atomic E-state index is -5.18. The molecular weight excluding hydrogens is 592 g/mol. The maximum Gasteiger partial charge on any atom is 0.420 e. The summed E-state index contributed by atoms with van der Waals surface area (Å²) in [5.41, 5.74) is -4.19. The first-order valence-electron chi connectivity index (χ1n) is 12.1. The van der Waals surface area contributed by atoms with E-state index in [-0.39, 0.29) is 18.7 Å². The van der Waals surface area contributed by atoms with Gasteiger partial charge in [-0.3, -0.25) is 4.79 Å². The van der Waals surface area contributed by atoms with Crippen molar-refractivity contribution in [2.45, 2.75) is 55.1 Å². The molecule has 1 aliphatic carbocycles. The minimum Gasteiger partial charge on any atom is -0.492 e. The van der Waals surface area contributed by atoms with Gasteiger partial charge >= 0.3 is 12.1 Å². The van der Waals surface area contributed by atoms with Gasteiger partial charge in [0.15, 0.2) is 0 Å². The number of alkyl halides is 7. The van der Waals surface area contributed by atoms with Crippen LogP contribution in [0.2, 0.25) is 0 Å². The summed E-state index contributed by atoms with van der Waals surface area (Å²) in [6.45, 7) is -1.48. The fourth-order valence-electron chi connectivity index (χ4n) is 5.01. The number of benzene rings is 2. The highest BCUT2D eigenvalue weighted by molar-refractivity contribution is 7.89. The normalized spacial score (nSPS) is 21.6. The van der Waals surface area contributed by atoms with Crippen molar-refractivity contribution in [3.05, 3.63) is 47.8 Å². The topological polar surface area (TPSA) is 87.2 Å². The Hall–Kier alpha value is -3.14. The molecule has 2 aliphatic rings. The molecule has 41 heavy (non-hydrogen) atoms. The summed E-state index contributed by atoms with van der Waals surface area (Å²) in [6, 6.07) is 4.11. The monoisotopic (exact) mass is 616 g/mol. The third-order valence-electron chi connectivity index (χ3n) is 7.23. The number of ether oxygens (including phenoxy) is 1. The van der Waals surface area contributed by atoms with E-state index in [0.29, 0.717) is 12.1 Å². The number of carboxylic acids is 1. The van der Waals surface area contributed by atoms with Crippen molar-refractivity contribution in [1.29, 1.82) is 0 Å². The predicted octanol–water partition coefficient (Wildman–Crippen LogP) is 5.91. The number of aliphatic carboxylic acids is 1. The molecule has 0 aromatic heterocycles. The average molecular weight is 617 g/mol. The number of anilines is 2. The molecule has 2 aromatic carbocycles. The van der Waals surface area contributed by atoms with E-state index in [1.807, 2.05) is 0 Å². The lowest BCUT2D eigenvalue weighted by Crippen LogP contribution is -2.54. The number of hydrogen-bond acceptors (Lipinski definition) is 5. The Labute approximate surface area is 229 Å². The van der Waals surface area contributed by atoms with Crippen molar-refractivity contribution < 1.29 is 58.2 Å². The van der Waals surface area contributed by atoms with E-state index in [2.05, 4.69) is 0 Å². The van der Waals surface area contributed by atoms with Crippen molar-refractivity contribution in [3.63, 3.8) is 0 Å². The minimum absolute atomic E-state index is 0.0588. The Morgan fingerprint density at radius 3 is 2.27 bits per heavy atom. The summed E-state index contributed by atoms with van der Waals surface area (Å²) in [4.78, 5) is 12.0. The largest absolute Gasteiger partial charge is 0.492 e. The molecule has 16 heteroatoms. The van der Waals surface area contributed by atoms with E-state index in [9.17, 15) is 53.4 Å². The van der Waals surface area contributed by atoms with Gasteiger partial charge in [-0.1, -0.05) is 0 Å². The van der Waals surface area contributed by atoms with Crippen LogP contribution in [-0.2, 0) is 21.0 Å². The summed E-state index contributed by atoms with van der Waals surface area (Å²) >= 11 is 0. The highest BCUT2D eigenvalue weighted by Crippen LogP contribution is 2.53. The molecular formula is C25H24F8N2O5S. The van der Waals surface area contributed by atoms with Crippen molar-refractivity contribution in [2.75, 3.05) is 25.1 Å². The lowest BCUT2D eigenvalue weighted by Gasteiger charge is -2.43. The van der Waals surface area contributed by atoms with Gasteiger partial charge in [-0.15, -0.1) is 0 Å². The van der Waals surface area contributed by atoms with Gasteiger partial charge in [0.2, 0.25) is 16.4 Å². The predicted molar refractivity (Wildman–Crippen MR) is 129 cm³/mol. The molecule has 0 radical (unpaired) electrons. The third kappa shape index (κ3) is 6.08. The van der Waals surface area contributed by atoms with Gasteiger partial charge in [-0.25, -0.2) is 30.4 Å². The van der Waals surface area contributed by atoms with Crippen molar-refractivity contribution >= 4 is 27.4 Å². The van der Waals surface area contributed by atoms with E-state index in [0.717, 1.165) is 28.4 Å². The zero-order valence-electron chi connectivity index (χ0n) is 21.3. The van der Waals surface area contributed by atoms with Gasteiger partial charge in [0.25, 0.3) is 5.92 Å². The number of nitrogens with zero attached hydrogens (tertiary/aromatic N) is 2. The Bertz CT molecular complexity index is 1410. The van der Waals surface area contributed by atoms with Crippen LogP contribution in [0.3, 0.4) is 0 Å². The molecule has 0 unspecified atom stereocenters. The Morgan fingerprint density at radius 1 is 1.15 bits per heavy atom. The molecule has 226 valence electrons. The maximum atomic E-state index is 14.2. The van der Waals surface area contributed by atoms with Crippen LogP contribution < -0.4 is 9.64 Å². The van der Waals surface area contributed by atoms with Gasteiger partial charge in [-0.2, -0.15) is 17.5 Å². The summed E-state index contributed by atoms with van der Waals surface area (Å²) in [5, 5.41) is 9.44. The second kappa shape index (κ2) is 10.6. The highest BCUT2D eigenvalue weighted by atomic mass is 32.2. The summed E-state index contributed by atoms with van der Waals surface area (Å²) in [5.74, 6) is -6.90. The van der Waals surface area contributed by atoms with Crippen molar-refractivity contribution in [2.24, 2.45) is 5.41 Å². The molecule has 0 saturated heterocycles. The standard InChI is InChI=1S/C25H24F8N2O5S/c1-34-16(6-7-21(27)28)10-35(15-4-2-14(26)3-5-15)18-8-17(25(31,32)33)19(9-20(18)41(34,38)39)40-13-23(22(36)37)11-24(29,30)12-23/h2-5,8-9,16,21H,6-7,10-13H2,1H3,(H,36,37)/t16-/m1/s1. The number of carbonyl (C=O) groups is 1. The molecule has 1 aliphatic heterocycles. The van der Waals surface area contributed by atoms with Gasteiger partial charge in [0.05, 0.1) is 11.3 Å². The fraction of sp³-hybridized carbons (Fsp3) is 0.480. The zero-order valence-corrected chi connectivity index (χ0v) is 22.1. The van der Waals surface area contributed by atoms with Crippen LogP contribution in [0.5, 0.6) is 5.75 Å². The van der Waals surface area contributed by atoms with Gasteiger partial charge in [0, 0.05) is 50.7 Å². The number of fused-ring (bicyclic) bond motifs is 1. The second-order valence-corrected chi connectivity index (χ2v) is 12.1. The summed E-state index contributed by atoms with van der Waals surface area (Å²) < 4.78 is 143. The fourth-order valence-corrected chi connectivity index (χ4v) is 6.57. The van der Waals surface area contributed by atoms with Gasteiger partial charge in [0.1, 0.15) is 28.5 Å². The second-order valence-electron chi connectivity index (χ2n) is 10.1. The van der Waals surface area contributed by atoms with Crippen LogP contribution in [0.4, 0.5) is 46.5 Å². The van der Waals surface area contributed by atoms with E-state index in [1.165, 1.54) is 12.1 Å². The molecule has 0 spiro atoms. The van der Waals surface area contributed by atoms with Gasteiger partial charge in [-0.05, 0) is 36.8 Å². The Morgan fingerprint density at radius 2 is 1.76 bits per heavy atom. The first kappa shape index (κ1) is 30.8. The quantitative estimate of drug-likeness (QED) is 0.372. The molecule has 0 bridgehead atoms. The van der Waals surface area contributed by atoms with Crippen LogP contribution in [0.15, 0.2) is 41.3 Å². The average Bonchev–Trinajstić information content (AvgIpc) is 2.92. The zero-order chi connectivity index (χ0) is 30.5. The van der Waals surface area contributed by atoms with Crippen LogP contribution in [-0.4, -0.2) is 62.4 Å². The lowest BCUT2D eigenvalue weighted by atomic mass is 9.66.